The lowest BCUT2D eigenvalue weighted by Gasteiger charge is -2.39. The van der Waals surface area contributed by atoms with Gasteiger partial charge in [0, 0.05) is 43.1 Å². The predicted octanol–water partition coefficient (Wildman–Crippen LogP) is 5.75. The van der Waals surface area contributed by atoms with Crippen molar-refractivity contribution in [3.05, 3.63) is 69.8 Å². The van der Waals surface area contributed by atoms with E-state index in [-0.39, 0.29) is 17.9 Å². The smallest absolute Gasteiger partial charge is 0.268 e. The Bertz CT molecular complexity index is 1150. The minimum Gasteiger partial charge on any atom is -0.351 e. The number of benzene rings is 2. The van der Waals surface area contributed by atoms with Gasteiger partial charge in [0.25, 0.3) is 5.91 Å². The van der Waals surface area contributed by atoms with Crippen molar-refractivity contribution in [1.29, 1.82) is 0 Å². The van der Waals surface area contributed by atoms with Crippen LogP contribution in [-0.4, -0.2) is 54.2 Å². The summed E-state index contributed by atoms with van der Waals surface area (Å²) in [6.45, 7) is 3.69. The van der Waals surface area contributed by atoms with Crippen molar-refractivity contribution >= 4 is 40.0 Å². The van der Waals surface area contributed by atoms with Gasteiger partial charge in [-0.1, -0.05) is 53.5 Å². The molecule has 1 aliphatic carbocycles. The molecule has 1 aromatic heterocycles. The Balaban J connectivity index is 1.25. The second-order valence-electron chi connectivity index (χ2n) is 9.73. The van der Waals surface area contributed by atoms with E-state index in [1.165, 1.54) is 0 Å². The van der Waals surface area contributed by atoms with Crippen LogP contribution in [0.4, 0.5) is 4.39 Å². The quantitative estimate of drug-likeness (QED) is 0.391. The number of rotatable bonds is 6. The zero-order chi connectivity index (χ0) is 24.4. The average molecular weight is 517 g/mol. The lowest BCUT2D eigenvalue weighted by molar-refractivity contribution is 0.0797. The van der Waals surface area contributed by atoms with Crippen molar-refractivity contribution in [2.75, 3.05) is 26.2 Å². The molecule has 0 bridgehead atoms. The van der Waals surface area contributed by atoms with Crippen molar-refractivity contribution in [2.24, 2.45) is 5.92 Å². The van der Waals surface area contributed by atoms with Crippen LogP contribution in [0.2, 0.25) is 10.0 Å². The van der Waals surface area contributed by atoms with Gasteiger partial charge in [0.05, 0.1) is 16.1 Å². The summed E-state index contributed by atoms with van der Waals surface area (Å²) in [5.41, 5.74) is 2.39. The highest BCUT2D eigenvalue weighted by molar-refractivity contribution is 6.42. The average Bonchev–Trinajstić information content (AvgIpc) is 3.31. The van der Waals surface area contributed by atoms with E-state index in [1.807, 2.05) is 42.5 Å². The summed E-state index contributed by atoms with van der Waals surface area (Å²) >= 11 is 13.0. The highest BCUT2D eigenvalue weighted by Gasteiger charge is 2.35. The molecule has 3 aromatic rings. The lowest BCUT2D eigenvalue weighted by atomic mass is 9.79. The summed E-state index contributed by atoms with van der Waals surface area (Å²) in [6, 6.07) is 15.0. The van der Waals surface area contributed by atoms with Crippen LogP contribution in [0, 0.1) is 5.92 Å². The third-order valence-corrected chi connectivity index (χ3v) is 8.30. The molecule has 2 aromatic carbocycles. The number of hydrogen-bond donors (Lipinski definition) is 3. The zero-order valence-corrected chi connectivity index (χ0v) is 21.1. The van der Waals surface area contributed by atoms with E-state index in [1.54, 1.807) is 6.07 Å². The third kappa shape index (κ3) is 5.51. The van der Waals surface area contributed by atoms with E-state index >= 15 is 4.39 Å². The van der Waals surface area contributed by atoms with Gasteiger partial charge >= 0.3 is 0 Å². The van der Waals surface area contributed by atoms with Crippen LogP contribution < -0.4 is 10.6 Å². The number of nitrogens with zero attached hydrogens (tertiary/aromatic N) is 1. The summed E-state index contributed by atoms with van der Waals surface area (Å²) in [7, 11) is 0. The van der Waals surface area contributed by atoms with E-state index in [0.29, 0.717) is 28.6 Å². The molecular formula is C27H31Cl2FN4O. The van der Waals surface area contributed by atoms with Crippen LogP contribution in [-0.2, 0) is 0 Å². The van der Waals surface area contributed by atoms with Gasteiger partial charge in [0.15, 0.2) is 0 Å². The first kappa shape index (κ1) is 24.6. The van der Waals surface area contributed by atoms with Crippen molar-refractivity contribution in [3.8, 4) is 0 Å². The molecule has 5 nitrogen and oxygen atoms in total. The lowest BCUT2D eigenvalue weighted by Crippen LogP contribution is -2.47. The predicted molar refractivity (Wildman–Crippen MR) is 140 cm³/mol. The van der Waals surface area contributed by atoms with Gasteiger partial charge in [0.2, 0.25) is 0 Å². The molecule has 186 valence electrons. The highest BCUT2D eigenvalue weighted by Crippen LogP contribution is 2.40. The van der Waals surface area contributed by atoms with E-state index in [0.717, 1.165) is 55.5 Å². The number of hydrogen-bond acceptors (Lipinski definition) is 3. The number of aromatic amines is 1. The van der Waals surface area contributed by atoms with Gasteiger partial charge in [-0.15, -0.1) is 0 Å². The number of piperazine rings is 1. The van der Waals surface area contributed by atoms with Crippen LogP contribution in [0.5, 0.6) is 0 Å². The minimum absolute atomic E-state index is 0.0954. The fraction of sp³-hybridized carbons (Fsp3) is 0.444. The van der Waals surface area contributed by atoms with Crippen molar-refractivity contribution in [2.45, 2.75) is 43.9 Å². The maximum Gasteiger partial charge on any atom is 0.268 e. The molecule has 4 unspecified atom stereocenters. The number of para-hydroxylation sites is 1. The van der Waals surface area contributed by atoms with E-state index in [9.17, 15) is 4.79 Å². The van der Waals surface area contributed by atoms with Crippen LogP contribution in [0.15, 0.2) is 48.5 Å². The number of alkyl halides is 1. The Morgan fingerprint density at radius 3 is 2.69 bits per heavy atom. The molecule has 1 amide bonds. The van der Waals surface area contributed by atoms with Gasteiger partial charge in [-0.3, -0.25) is 9.69 Å². The summed E-state index contributed by atoms with van der Waals surface area (Å²) < 4.78 is 15.3. The van der Waals surface area contributed by atoms with Gasteiger partial charge in [-0.2, -0.15) is 0 Å². The standard InChI is InChI=1S/C27H31Cl2FN4O/c28-20-6-3-5-19(26(20)29)25(34-12-10-31-11-13-34)15-17-8-9-23(21(30)14-17)33-27(35)24-16-18-4-1-2-7-22(18)32-24/h1-7,16-17,21,23,25,31-32H,8-15H2,(H,33,35). The van der Waals surface area contributed by atoms with Crippen LogP contribution >= 0.6 is 23.2 Å². The Labute approximate surface area is 215 Å². The first-order valence-electron chi connectivity index (χ1n) is 12.4. The fourth-order valence-corrected chi connectivity index (χ4v) is 6.01. The molecule has 4 atom stereocenters. The van der Waals surface area contributed by atoms with Gasteiger partial charge in [-0.05, 0) is 55.4 Å². The summed E-state index contributed by atoms with van der Waals surface area (Å²) in [5, 5.41) is 8.44. The molecule has 0 spiro atoms. The number of carbonyl (C=O) groups is 1. The molecule has 35 heavy (non-hydrogen) atoms. The zero-order valence-electron chi connectivity index (χ0n) is 19.6. The van der Waals surface area contributed by atoms with Crippen molar-refractivity contribution in [3.63, 3.8) is 0 Å². The molecule has 2 aliphatic rings. The van der Waals surface area contributed by atoms with Crippen molar-refractivity contribution < 1.29 is 9.18 Å². The normalized spacial score (nSPS) is 24.4. The maximum absolute atomic E-state index is 15.3. The molecule has 5 rings (SSSR count). The fourth-order valence-electron chi connectivity index (χ4n) is 5.58. The number of aromatic nitrogens is 1. The first-order chi connectivity index (χ1) is 17.0. The second kappa shape index (κ2) is 10.9. The first-order valence-corrected chi connectivity index (χ1v) is 13.2. The Kier molecular flexibility index (Phi) is 7.63. The van der Waals surface area contributed by atoms with Crippen LogP contribution in [0.25, 0.3) is 10.9 Å². The molecule has 1 aliphatic heterocycles. The molecule has 3 N–H and O–H groups in total. The molecule has 0 radical (unpaired) electrons. The minimum atomic E-state index is -1.08. The Morgan fingerprint density at radius 1 is 1.11 bits per heavy atom. The van der Waals surface area contributed by atoms with E-state index in [2.05, 4.69) is 20.5 Å². The number of H-pyrrole nitrogens is 1. The third-order valence-electron chi connectivity index (χ3n) is 7.46. The monoisotopic (exact) mass is 516 g/mol. The van der Waals surface area contributed by atoms with Crippen molar-refractivity contribution in [1.82, 2.24) is 20.5 Å². The summed E-state index contributed by atoms with van der Waals surface area (Å²) in [6.07, 6.45) is 1.65. The van der Waals surface area contributed by atoms with E-state index in [4.69, 9.17) is 23.2 Å². The topological polar surface area (TPSA) is 60.2 Å². The summed E-state index contributed by atoms with van der Waals surface area (Å²) in [4.78, 5) is 18.4. The Morgan fingerprint density at radius 2 is 1.91 bits per heavy atom. The van der Waals surface area contributed by atoms with Gasteiger partial charge in [-0.25, -0.2) is 4.39 Å². The molecule has 8 heteroatoms. The Hall–Kier alpha value is -2.12. The second-order valence-corrected chi connectivity index (χ2v) is 10.5. The number of carbonyl (C=O) groups excluding carboxylic acids is 1. The summed E-state index contributed by atoms with van der Waals surface area (Å²) in [5.74, 6) is -0.0436. The molecule has 1 saturated heterocycles. The number of fused-ring (bicyclic) bond motifs is 1. The van der Waals surface area contributed by atoms with Gasteiger partial charge in [0.1, 0.15) is 11.9 Å². The number of amides is 1. The van der Waals surface area contributed by atoms with Crippen LogP contribution in [0.1, 0.15) is 47.8 Å². The SMILES string of the molecule is O=C(NC1CCC(CC(c2cccc(Cl)c2Cl)N2CCNCC2)CC1F)c1cc2ccccc2[nH]1. The highest BCUT2D eigenvalue weighted by atomic mass is 35.5. The molecule has 2 fully saturated rings. The molecule has 1 saturated carbocycles. The maximum atomic E-state index is 15.3. The van der Waals surface area contributed by atoms with Gasteiger partial charge < -0.3 is 15.6 Å². The number of nitrogens with one attached hydrogen (secondary N) is 3. The largest absolute Gasteiger partial charge is 0.351 e. The van der Waals surface area contributed by atoms with Crippen LogP contribution in [0.3, 0.4) is 0 Å². The molecular weight excluding hydrogens is 486 g/mol. The van der Waals surface area contributed by atoms with E-state index < -0.39 is 12.2 Å². The molecule has 2 heterocycles. The number of halogens is 3.